The van der Waals surface area contributed by atoms with E-state index in [0.717, 1.165) is 32.2 Å². The molecule has 0 radical (unpaired) electrons. The van der Waals surface area contributed by atoms with Crippen molar-refractivity contribution in [1.82, 2.24) is 15.2 Å². The lowest BCUT2D eigenvalue weighted by molar-refractivity contribution is 0.400. The molecule has 0 amide bonds. The molecule has 0 saturated heterocycles. The number of hydrogen-bond acceptors (Lipinski definition) is 5. The van der Waals surface area contributed by atoms with E-state index in [2.05, 4.69) is 43.1 Å². The van der Waals surface area contributed by atoms with Crippen LogP contribution in [-0.2, 0) is 6.54 Å². The number of anilines is 1. The average molecular weight is 296 g/mol. The molecule has 5 heteroatoms. The van der Waals surface area contributed by atoms with E-state index in [4.69, 9.17) is 4.98 Å². The summed E-state index contributed by atoms with van der Waals surface area (Å²) >= 11 is 1.86. The molecular weight excluding hydrogens is 268 g/mol. The second kappa shape index (κ2) is 7.38. The Labute approximate surface area is 127 Å². The van der Waals surface area contributed by atoms with E-state index >= 15 is 0 Å². The fourth-order valence-corrected chi connectivity index (χ4v) is 3.30. The first-order chi connectivity index (χ1) is 9.60. The smallest absolute Gasteiger partial charge is 0.185 e. The second-order valence-corrected chi connectivity index (χ2v) is 6.96. The summed E-state index contributed by atoms with van der Waals surface area (Å²) in [4.78, 5) is 10.8. The van der Waals surface area contributed by atoms with Crippen LogP contribution in [0.3, 0.4) is 0 Å². The lowest BCUT2D eigenvalue weighted by Gasteiger charge is -2.20. The zero-order valence-electron chi connectivity index (χ0n) is 13.3. The maximum absolute atomic E-state index is 4.77. The molecule has 0 unspecified atom stereocenters. The van der Waals surface area contributed by atoms with Crippen LogP contribution >= 0.6 is 11.3 Å². The summed E-state index contributed by atoms with van der Waals surface area (Å²) in [6.07, 6.45) is 3.88. The number of thiazole rings is 1. The number of nitrogens with zero attached hydrogens (tertiary/aromatic N) is 3. The highest BCUT2D eigenvalue weighted by atomic mass is 32.1. The van der Waals surface area contributed by atoms with E-state index in [1.165, 1.54) is 35.0 Å². The van der Waals surface area contributed by atoms with Crippen molar-refractivity contribution in [1.29, 1.82) is 0 Å². The van der Waals surface area contributed by atoms with Gasteiger partial charge in [0.1, 0.15) is 0 Å². The molecule has 1 heterocycles. The Bertz CT molecular complexity index is 412. The summed E-state index contributed by atoms with van der Waals surface area (Å²) in [5, 5.41) is 4.78. The Morgan fingerprint density at radius 3 is 2.65 bits per heavy atom. The molecular formula is C15H28N4S. The van der Waals surface area contributed by atoms with Crippen LogP contribution in [0.25, 0.3) is 0 Å². The minimum atomic E-state index is 0.766. The summed E-state index contributed by atoms with van der Waals surface area (Å²) in [5.74, 6) is 0. The van der Waals surface area contributed by atoms with Crippen molar-refractivity contribution in [3.05, 3.63) is 10.6 Å². The predicted octanol–water partition coefficient (Wildman–Crippen LogP) is 2.48. The van der Waals surface area contributed by atoms with Crippen molar-refractivity contribution in [2.45, 2.75) is 45.7 Å². The number of nitrogens with one attached hydrogen (secondary N) is 1. The van der Waals surface area contributed by atoms with Crippen molar-refractivity contribution in [3.8, 4) is 0 Å². The fourth-order valence-electron chi connectivity index (χ4n) is 2.20. The number of aryl methyl sites for hydroxylation is 1. The monoisotopic (exact) mass is 296 g/mol. The van der Waals surface area contributed by atoms with Gasteiger partial charge in [-0.1, -0.05) is 0 Å². The van der Waals surface area contributed by atoms with Crippen LogP contribution in [0.15, 0.2) is 0 Å². The molecule has 20 heavy (non-hydrogen) atoms. The summed E-state index contributed by atoms with van der Waals surface area (Å²) < 4.78 is 0. The highest BCUT2D eigenvalue weighted by molar-refractivity contribution is 7.15. The molecule has 2 rings (SSSR count). The second-order valence-electron chi connectivity index (χ2n) is 5.90. The lowest BCUT2D eigenvalue weighted by atomic mass is 10.3. The Hall–Kier alpha value is -0.650. The van der Waals surface area contributed by atoms with Crippen molar-refractivity contribution in [2.75, 3.05) is 38.6 Å². The van der Waals surface area contributed by atoms with Gasteiger partial charge in [0.25, 0.3) is 0 Å². The predicted molar refractivity (Wildman–Crippen MR) is 87.8 cm³/mol. The van der Waals surface area contributed by atoms with E-state index in [1.54, 1.807) is 0 Å². The van der Waals surface area contributed by atoms with Crippen LogP contribution in [-0.4, -0.2) is 49.7 Å². The van der Waals surface area contributed by atoms with E-state index in [9.17, 15) is 0 Å². The normalized spacial score (nSPS) is 15.1. The molecule has 1 aliphatic rings. The standard InChI is InChI=1S/C15H28N4S/c1-5-19(10-6-9-18(3)4)15-17-12(2)14(20-15)11-16-13-7-8-13/h13,16H,5-11H2,1-4H3. The minimum Gasteiger partial charge on any atom is -0.348 e. The van der Waals surface area contributed by atoms with Crippen LogP contribution in [0.2, 0.25) is 0 Å². The third-order valence-electron chi connectivity index (χ3n) is 3.70. The average Bonchev–Trinajstić information content (AvgIpc) is 3.16. The van der Waals surface area contributed by atoms with Gasteiger partial charge in [-0.05, 0) is 53.8 Å². The molecule has 0 atom stereocenters. The zero-order chi connectivity index (χ0) is 14.5. The lowest BCUT2D eigenvalue weighted by Crippen LogP contribution is -2.26. The molecule has 1 saturated carbocycles. The molecule has 1 aromatic heterocycles. The first-order valence-corrected chi connectivity index (χ1v) is 8.51. The van der Waals surface area contributed by atoms with Gasteiger partial charge in [-0.2, -0.15) is 0 Å². The molecule has 0 aromatic carbocycles. The number of hydrogen-bond donors (Lipinski definition) is 1. The van der Waals surface area contributed by atoms with Crippen molar-refractivity contribution in [3.63, 3.8) is 0 Å². The summed E-state index contributed by atoms with van der Waals surface area (Å²) in [5.41, 5.74) is 1.20. The van der Waals surface area contributed by atoms with Gasteiger partial charge < -0.3 is 15.1 Å². The Morgan fingerprint density at radius 1 is 1.30 bits per heavy atom. The Balaban J connectivity index is 1.89. The molecule has 0 bridgehead atoms. The van der Waals surface area contributed by atoms with Crippen molar-refractivity contribution in [2.24, 2.45) is 0 Å². The zero-order valence-corrected chi connectivity index (χ0v) is 14.1. The topological polar surface area (TPSA) is 31.4 Å². The van der Waals surface area contributed by atoms with E-state index in [-0.39, 0.29) is 0 Å². The van der Waals surface area contributed by atoms with Crippen molar-refractivity contribution < 1.29 is 0 Å². The molecule has 114 valence electrons. The van der Waals surface area contributed by atoms with E-state index in [1.807, 2.05) is 11.3 Å². The third-order valence-corrected chi connectivity index (χ3v) is 4.91. The highest BCUT2D eigenvalue weighted by Crippen LogP contribution is 2.27. The summed E-state index contributed by atoms with van der Waals surface area (Å²) in [6, 6.07) is 0.766. The molecule has 1 fully saturated rings. The van der Waals surface area contributed by atoms with Gasteiger partial charge in [0.2, 0.25) is 0 Å². The van der Waals surface area contributed by atoms with Gasteiger partial charge in [0.05, 0.1) is 5.69 Å². The van der Waals surface area contributed by atoms with Gasteiger partial charge in [-0.3, -0.25) is 0 Å². The van der Waals surface area contributed by atoms with Crippen LogP contribution < -0.4 is 10.2 Å². The van der Waals surface area contributed by atoms with Gasteiger partial charge >= 0.3 is 0 Å². The molecule has 1 aromatic rings. The molecule has 1 N–H and O–H groups in total. The van der Waals surface area contributed by atoms with Crippen LogP contribution in [0, 0.1) is 6.92 Å². The Kier molecular flexibility index (Phi) is 5.81. The van der Waals surface area contributed by atoms with E-state index in [0.29, 0.717) is 0 Å². The van der Waals surface area contributed by atoms with Crippen LogP contribution in [0.1, 0.15) is 36.8 Å². The molecule has 0 aliphatic heterocycles. The maximum Gasteiger partial charge on any atom is 0.185 e. The van der Waals surface area contributed by atoms with Gasteiger partial charge in [-0.15, -0.1) is 11.3 Å². The fraction of sp³-hybridized carbons (Fsp3) is 0.800. The first-order valence-electron chi connectivity index (χ1n) is 7.69. The highest BCUT2D eigenvalue weighted by Gasteiger charge is 2.21. The molecule has 1 aliphatic carbocycles. The van der Waals surface area contributed by atoms with Crippen molar-refractivity contribution >= 4 is 16.5 Å². The van der Waals surface area contributed by atoms with Crippen LogP contribution in [0.5, 0.6) is 0 Å². The quantitative estimate of drug-likeness (QED) is 0.758. The third kappa shape index (κ3) is 4.72. The van der Waals surface area contributed by atoms with Gasteiger partial charge in [0, 0.05) is 30.6 Å². The number of rotatable bonds is 9. The minimum absolute atomic E-state index is 0.766. The maximum atomic E-state index is 4.77. The van der Waals surface area contributed by atoms with Crippen LogP contribution in [0.4, 0.5) is 5.13 Å². The first kappa shape index (κ1) is 15.7. The molecule has 0 spiro atoms. The molecule has 4 nitrogen and oxygen atoms in total. The SMILES string of the molecule is CCN(CCCN(C)C)c1nc(C)c(CNC2CC2)s1. The number of aromatic nitrogens is 1. The van der Waals surface area contributed by atoms with E-state index < -0.39 is 0 Å². The van der Waals surface area contributed by atoms with Gasteiger partial charge in [-0.25, -0.2) is 4.98 Å². The summed E-state index contributed by atoms with van der Waals surface area (Å²) in [6.45, 7) is 8.61. The van der Waals surface area contributed by atoms with Gasteiger partial charge in [0.15, 0.2) is 5.13 Å². The largest absolute Gasteiger partial charge is 0.348 e. The Morgan fingerprint density at radius 2 is 2.05 bits per heavy atom. The summed E-state index contributed by atoms with van der Waals surface area (Å²) in [7, 11) is 4.26.